The molecule has 0 spiro atoms. The maximum atomic E-state index is 14.5. The molecule has 2 aromatic carbocycles. The van der Waals surface area contributed by atoms with E-state index in [-0.39, 0.29) is 18.4 Å². The Labute approximate surface area is 170 Å². The molecule has 0 bridgehead atoms. The topological polar surface area (TPSA) is 3.24 Å². The molecule has 1 aliphatic carbocycles. The number of para-hydroxylation sites is 1. The van der Waals surface area contributed by atoms with Gasteiger partial charge in [0, 0.05) is 30.3 Å². The van der Waals surface area contributed by atoms with Crippen LogP contribution in [0, 0.1) is 0 Å². The van der Waals surface area contributed by atoms with Crippen LogP contribution in [0.15, 0.2) is 48.5 Å². The van der Waals surface area contributed by atoms with Gasteiger partial charge in [-0.05, 0) is 42.5 Å². The largest absolute Gasteiger partial charge is 0.435 e. The minimum atomic E-state index is -6.10. The number of hydrogen-bond acceptors (Lipinski definition) is 1. The lowest BCUT2D eigenvalue weighted by molar-refractivity contribution is -0.348. The summed E-state index contributed by atoms with van der Waals surface area (Å²) in [5, 5.41) is 0. The molecular weight excluding hydrogens is 411 g/mol. The Balaban J connectivity index is 2.01. The number of nitrogens with zero attached hydrogens (tertiary/aromatic N) is 1. The maximum Gasteiger partial charge on any atom is 0.435 e. The highest BCUT2D eigenvalue weighted by Gasteiger charge is 2.73. The fourth-order valence-electron chi connectivity index (χ4n) is 4.41. The molecule has 0 saturated carbocycles. The van der Waals surface area contributed by atoms with Crippen molar-refractivity contribution in [2.45, 2.75) is 56.2 Å². The van der Waals surface area contributed by atoms with Gasteiger partial charge in [0.25, 0.3) is 0 Å². The number of alkyl halides is 7. The summed E-state index contributed by atoms with van der Waals surface area (Å²) in [6, 6.07) is 12.2. The Morgan fingerprint density at radius 3 is 2.03 bits per heavy atom. The highest BCUT2D eigenvalue weighted by Crippen LogP contribution is 2.54. The summed E-state index contributed by atoms with van der Waals surface area (Å²) in [6.07, 6.45) is -10.7. The van der Waals surface area contributed by atoms with E-state index in [0.29, 0.717) is 30.0 Å². The molecule has 1 aliphatic rings. The van der Waals surface area contributed by atoms with Crippen LogP contribution in [0.2, 0.25) is 0 Å². The molecule has 3 rings (SSSR count). The van der Waals surface area contributed by atoms with Crippen LogP contribution in [0.25, 0.3) is 0 Å². The van der Waals surface area contributed by atoms with E-state index in [1.54, 1.807) is 0 Å². The van der Waals surface area contributed by atoms with Crippen LogP contribution in [0.3, 0.4) is 0 Å². The second-order valence-corrected chi connectivity index (χ2v) is 7.63. The first-order chi connectivity index (χ1) is 13.9. The van der Waals surface area contributed by atoms with E-state index in [0.717, 1.165) is 11.8 Å². The standard InChI is InChI=1S/C22H22F7N/c1-3-17-18-11-10-15(20(23,21(24,25)26)22(27,28)29)13-14(18)9-12-19(17)30(2)16-7-5-4-6-8-16/h4-8,10-11,13,17,19H,3,9,12H2,1-2H3. The van der Waals surface area contributed by atoms with Crippen LogP contribution in [0.1, 0.15) is 42.4 Å². The fraction of sp³-hybridized carbons (Fsp3) is 0.455. The number of benzene rings is 2. The van der Waals surface area contributed by atoms with E-state index in [4.69, 9.17) is 0 Å². The third kappa shape index (κ3) is 3.65. The van der Waals surface area contributed by atoms with E-state index < -0.39 is 23.6 Å². The molecule has 0 heterocycles. The van der Waals surface area contributed by atoms with Gasteiger partial charge in [-0.25, -0.2) is 4.39 Å². The van der Waals surface area contributed by atoms with Gasteiger partial charge in [0.1, 0.15) is 0 Å². The molecule has 0 saturated heterocycles. The predicted molar refractivity (Wildman–Crippen MR) is 101 cm³/mol. The van der Waals surface area contributed by atoms with Crippen molar-refractivity contribution < 1.29 is 30.7 Å². The minimum Gasteiger partial charge on any atom is -0.371 e. The quantitative estimate of drug-likeness (QED) is 0.473. The van der Waals surface area contributed by atoms with Gasteiger partial charge in [-0.2, -0.15) is 26.3 Å². The number of halogens is 7. The monoisotopic (exact) mass is 433 g/mol. The van der Waals surface area contributed by atoms with Gasteiger partial charge >= 0.3 is 18.0 Å². The molecule has 2 aromatic rings. The number of likely N-dealkylation sites (N-methyl/N-ethyl adjacent to an activating group) is 1. The molecule has 2 unspecified atom stereocenters. The zero-order valence-electron chi connectivity index (χ0n) is 16.5. The summed E-state index contributed by atoms with van der Waals surface area (Å²) < 4.78 is 93.1. The molecule has 0 aromatic heterocycles. The van der Waals surface area contributed by atoms with Gasteiger partial charge in [0.15, 0.2) is 0 Å². The number of anilines is 1. The Hall–Kier alpha value is -2.25. The molecule has 2 atom stereocenters. The molecule has 8 heteroatoms. The van der Waals surface area contributed by atoms with Gasteiger partial charge in [0.05, 0.1) is 0 Å². The lowest BCUT2D eigenvalue weighted by Gasteiger charge is -2.41. The van der Waals surface area contributed by atoms with Crippen molar-refractivity contribution in [3.63, 3.8) is 0 Å². The van der Waals surface area contributed by atoms with Crippen LogP contribution < -0.4 is 4.90 Å². The number of hydrogen-bond donors (Lipinski definition) is 0. The molecule has 0 radical (unpaired) electrons. The molecular formula is C22H22F7N. The van der Waals surface area contributed by atoms with Crippen LogP contribution in [0.5, 0.6) is 0 Å². The number of rotatable bonds is 4. The lowest BCUT2D eigenvalue weighted by Crippen LogP contribution is -2.50. The second kappa shape index (κ2) is 7.78. The van der Waals surface area contributed by atoms with Crippen molar-refractivity contribution in [2.24, 2.45) is 0 Å². The number of fused-ring (bicyclic) bond motifs is 1. The van der Waals surface area contributed by atoms with Crippen molar-refractivity contribution in [2.75, 3.05) is 11.9 Å². The normalized spacial score (nSPS) is 20.0. The SMILES string of the molecule is CCC1c2ccc(C(F)(C(F)(F)F)C(F)(F)F)cc2CCC1N(C)c1ccccc1. The van der Waals surface area contributed by atoms with Crippen molar-refractivity contribution in [3.8, 4) is 0 Å². The van der Waals surface area contributed by atoms with Crippen LogP contribution in [0.4, 0.5) is 36.4 Å². The fourth-order valence-corrected chi connectivity index (χ4v) is 4.41. The Morgan fingerprint density at radius 2 is 1.50 bits per heavy atom. The summed E-state index contributed by atoms with van der Waals surface area (Å²) in [7, 11) is 1.92. The number of aryl methyl sites for hydroxylation is 1. The van der Waals surface area contributed by atoms with E-state index in [1.165, 1.54) is 6.07 Å². The molecule has 0 N–H and O–H groups in total. The first kappa shape index (κ1) is 22.4. The van der Waals surface area contributed by atoms with Gasteiger partial charge in [-0.15, -0.1) is 0 Å². The predicted octanol–water partition coefficient (Wildman–Crippen LogP) is 6.92. The zero-order chi connectivity index (χ0) is 22.3. The molecule has 1 nitrogen and oxygen atoms in total. The minimum absolute atomic E-state index is 0.0242. The van der Waals surface area contributed by atoms with Crippen LogP contribution >= 0.6 is 0 Å². The first-order valence-corrected chi connectivity index (χ1v) is 9.65. The summed E-state index contributed by atoms with van der Waals surface area (Å²) in [5.41, 5.74) is -4.82. The molecule has 30 heavy (non-hydrogen) atoms. The van der Waals surface area contributed by atoms with Gasteiger partial charge in [0.2, 0.25) is 0 Å². The van der Waals surface area contributed by atoms with Gasteiger partial charge in [-0.3, -0.25) is 0 Å². The van der Waals surface area contributed by atoms with Gasteiger partial charge < -0.3 is 4.90 Å². The molecule has 0 aliphatic heterocycles. The van der Waals surface area contributed by atoms with E-state index in [2.05, 4.69) is 4.90 Å². The Morgan fingerprint density at radius 1 is 0.900 bits per heavy atom. The Bertz CT molecular complexity index is 859. The van der Waals surface area contributed by atoms with Gasteiger partial charge in [-0.1, -0.05) is 43.3 Å². The summed E-state index contributed by atoms with van der Waals surface area (Å²) in [4.78, 5) is 2.08. The Kier molecular flexibility index (Phi) is 5.82. The summed E-state index contributed by atoms with van der Waals surface area (Å²) >= 11 is 0. The summed E-state index contributed by atoms with van der Waals surface area (Å²) in [6.45, 7) is 1.92. The first-order valence-electron chi connectivity index (χ1n) is 9.65. The van der Waals surface area contributed by atoms with Crippen LogP contribution in [-0.2, 0) is 12.1 Å². The highest BCUT2D eigenvalue weighted by molar-refractivity contribution is 5.49. The molecule has 0 amide bonds. The van der Waals surface area contributed by atoms with Crippen molar-refractivity contribution in [1.29, 1.82) is 0 Å². The van der Waals surface area contributed by atoms with Crippen molar-refractivity contribution in [3.05, 3.63) is 65.2 Å². The average molecular weight is 433 g/mol. The zero-order valence-corrected chi connectivity index (χ0v) is 16.5. The van der Waals surface area contributed by atoms with Crippen molar-refractivity contribution >= 4 is 5.69 Å². The van der Waals surface area contributed by atoms with E-state index >= 15 is 0 Å². The summed E-state index contributed by atoms with van der Waals surface area (Å²) in [5.74, 6) is -0.0983. The van der Waals surface area contributed by atoms with Crippen molar-refractivity contribution in [1.82, 2.24) is 0 Å². The van der Waals surface area contributed by atoms with Crippen LogP contribution in [-0.4, -0.2) is 25.4 Å². The third-order valence-corrected chi connectivity index (χ3v) is 6.00. The highest BCUT2D eigenvalue weighted by atomic mass is 19.4. The lowest BCUT2D eigenvalue weighted by atomic mass is 9.75. The molecule has 164 valence electrons. The van der Waals surface area contributed by atoms with E-state index in [1.807, 2.05) is 44.3 Å². The third-order valence-electron chi connectivity index (χ3n) is 6.00. The smallest absolute Gasteiger partial charge is 0.371 e. The average Bonchev–Trinajstić information content (AvgIpc) is 2.70. The maximum absolute atomic E-state index is 14.5. The van der Waals surface area contributed by atoms with E-state index in [9.17, 15) is 30.7 Å². The molecule has 0 fully saturated rings. The second-order valence-electron chi connectivity index (χ2n) is 7.63.